The second-order valence-electron chi connectivity index (χ2n) is 6.34. The predicted molar refractivity (Wildman–Crippen MR) is 98.9 cm³/mol. The van der Waals surface area contributed by atoms with E-state index in [0.717, 1.165) is 25.2 Å². The molecule has 5 nitrogen and oxygen atoms in total. The van der Waals surface area contributed by atoms with Crippen LogP contribution in [0.4, 0.5) is 13.2 Å². The van der Waals surface area contributed by atoms with Crippen LogP contribution in [-0.2, 0) is 12.6 Å². The highest BCUT2D eigenvalue weighted by atomic mass is 79.9. The molecule has 1 aliphatic heterocycles. The number of rotatable bonds is 2. The van der Waals surface area contributed by atoms with Crippen molar-refractivity contribution >= 4 is 27.3 Å². The largest absolute Gasteiger partial charge is 0.492 e. The molecule has 0 N–H and O–H groups in total. The van der Waals surface area contributed by atoms with Gasteiger partial charge in [0.2, 0.25) is 5.82 Å². The molecule has 3 heterocycles. The van der Waals surface area contributed by atoms with Crippen molar-refractivity contribution < 1.29 is 17.9 Å². The minimum Gasteiger partial charge on any atom is -0.492 e. The van der Waals surface area contributed by atoms with E-state index < -0.39 is 18.0 Å². The minimum atomic E-state index is -4.57. The van der Waals surface area contributed by atoms with E-state index in [2.05, 4.69) is 31.1 Å². The van der Waals surface area contributed by atoms with Gasteiger partial charge in [-0.05, 0) is 32.0 Å². The summed E-state index contributed by atoms with van der Waals surface area (Å²) < 4.78 is 47.6. The third kappa shape index (κ3) is 3.25. The maximum atomic E-state index is 13.3. The summed E-state index contributed by atoms with van der Waals surface area (Å²) >= 11 is 4.75. The molecule has 10 heteroatoms. The van der Waals surface area contributed by atoms with Gasteiger partial charge in [0.15, 0.2) is 10.8 Å². The van der Waals surface area contributed by atoms with E-state index >= 15 is 0 Å². The smallest absolute Gasteiger partial charge is 0.451 e. The number of hydrogen-bond donors (Lipinski definition) is 0. The summed E-state index contributed by atoms with van der Waals surface area (Å²) in [5, 5.41) is 7.63. The number of alkyl halides is 3. The lowest BCUT2D eigenvalue weighted by atomic mass is 10.1. The molecule has 0 aliphatic carbocycles. The van der Waals surface area contributed by atoms with Crippen molar-refractivity contribution in [1.29, 1.82) is 0 Å². The zero-order chi connectivity index (χ0) is 19.3. The molecule has 142 valence electrons. The first-order valence-corrected chi connectivity index (χ1v) is 9.81. The van der Waals surface area contributed by atoms with E-state index in [-0.39, 0.29) is 5.82 Å². The summed E-state index contributed by atoms with van der Waals surface area (Å²) in [6.07, 6.45) is -3.95. The third-order valence-electron chi connectivity index (χ3n) is 4.14. The zero-order valence-corrected chi connectivity index (χ0v) is 16.7. The minimum absolute atomic E-state index is 0.134. The second-order valence-corrected chi connectivity index (χ2v) is 8.34. The van der Waals surface area contributed by atoms with Crippen molar-refractivity contribution in [3.05, 3.63) is 33.4 Å². The van der Waals surface area contributed by atoms with Crippen LogP contribution < -0.4 is 4.74 Å². The van der Waals surface area contributed by atoms with Crippen LogP contribution in [0.5, 0.6) is 5.75 Å². The van der Waals surface area contributed by atoms with Crippen LogP contribution in [0.2, 0.25) is 0 Å². The number of benzene rings is 1. The molecule has 0 spiro atoms. The van der Waals surface area contributed by atoms with Crippen LogP contribution >= 0.6 is 27.3 Å². The van der Waals surface area contributed by atoms with Crippen LogP contribution in [0.3, 0.4) is 0 Å². The number of fused-ring (bicyclic) bond motifs is 3. The average molecular weight is 459 g/mol. The first kappa shape index (κ1) is 18.4. The molecule has 1 aliphatic rings. The van der Waals surface area contributed by atoms with Gasteiger partial charge in [0, 0.05) is 27.4 Å². The Hall–Kier alpha value is -1.94. The lowest BCUT2D eigenvalue weighted by molar-refractivity contribution is -0.147. The fraction of sp³-hybridized carbons (Fsp3) is 0.353. The molecule has 0 bridgehead atoms. The van der Waals surface area contributed by atoms with Gasteiger partial charge in [-0.25, -0.2) is 4.98 Å². The Labute approximate surface area is 165 Å². The van der Waals surface area contributed by atoms with Gasteiger partial charge >= 0.3 is 6.18 Å². The summed E-state index contributed by atoms with van der Waals surface area (Å²) in [5.41, 5.74) is 1.54. The van der Waals surface area contributed by atoms with Gasteiger partial charge in [-0.15, -0.1) is 21.5 Å². The van der Waals surface area contributed by atoms with Crippen molar-refractivity contribution in [2.45, 2.75) is 32.5 Å². The zero-order valence-electron chi connectivity index (χ0n) is 14.3. The average Bonchev–Trinajstić information content (AvgIpc) is 3.16. The highest BCUT2D eigenvalue weighted by Crippen LogP contribution is 2.42. The molecule has 27 heavy (non-hydrogen) atoms. The van der Waals surface area contributed by atoms with Gasteiger partial charge in [-0.3, -0.25) is 4.57 Å². The van der Waals surface area contributed by atoms with Crippen molar-refractivity contribution in [1.82, 2.24) is 19.7 Å². The summed E-state index contributed by atoms with van der Waals surface area (Å²) in [5.74, 6) is -0.179. The highest BCUT2D eigenvalue weighted by molar-refractivity contribution is 9.10. The number of ether oxygens (including phenoxy) is 1. The third-order valence-corrected chi connectivity index (χ3v) is 5.74. The molecule has 0 amide bonds. The number of nitrogens with zero attached hydrogens (tertiary/aromatic N) is 4. The molecule has 0 radical (unpaired) electrons. The van der Waals surface area contributed by atoms with Gasteiger partial charge in [0.25, 0.3) is 0 Å². The molecular formula is C17H14BrF3N4OS. The summed E-state index contributed by atoms with van der Waals surface area (Å²) in [7, 11) is 0. The molecular weight excluding hydrogens is 445 g/mol. The number of halogens is 4. The van der Waals surface area contributed by atoms with E-state index in [1.165, 1.54) is 11.3 Å². The van der Waals surface area contributed by atoms with Crippen LogP contribution in [-0.4, -0.2) is 26.4 Å². The summed E-state index contributed by atoms with van der Waals surface area (Å²) in [4.78, 5) is 5.58. The fourth-order valence-electron chi connectivity index (χ4n) is 3.01. The molecule has 0 saturated heterocycles. The van der Waals surface area contributed by atoms with Crippen molar-refractivity contribution in [2.75, 3.05) is 6.61 Å². The molecule has 0 saturated carbocycles. The van der Waals surface area contributed by atoms with E-state index in [1.54, 1.807) is 13.8 Å². The fourth-order valence-corrected chi connectivity index (χ4v) is 4.39. The SMILES string of the molecule is CC(C)n1c(-c2nc3c(s2)CCOc2cc(Br)ccc2-3)nnc1C(F)(F)F. The maximum absolute atomic E-state index is 13.3. The standard InChI is InChI=1S/C17H14BrF3N4OS/c1-8(2)25-14(23-24-16(25)17(19,20)21)15-22-13-10-4-3-9(18)7-11(10)26-6-5-12(13)27-15/h3-4,7-8H,5-6H2,1-2H3. The number of hydrogen-bond acceptors (Lipinski definition) is 5. The van der Waals surface area contributed by atoms with Crippen LogP contribution in [0.1, 0.15) is 30.6 Å². The molecule has 0 atom stereocenters. The Morgan fingerprint density at radius 1 is 1.26 bits per heavy atom. The lowest BCUT2D eigenvalue weighted by Gasteiger charge is -2.14. The summed E-state index contributed by atoms with van der Waals surface area (Å²) in [6.45, 7) is 3.81. The molecule has 4 rings (SSSR count). The highest BCUT2D eigenvalue weighted by Gasteiger charge is 2.40. The van der Waals surface area contributed by atoms with Gasteiger partial charge < -0.3 is 4.74 Å². The van der Waals surface area contributed by atoms with Crippen LogP contribution in [0.15, 0.2) is 22.7 Å². The van der Waals surface area contributed by atoms with Crippen molar-refractivity contribution in [3.8, 4) is 27.8 Å². The van der Waals surface area contributed by atoms with E-state index in [0.29, 0.717) is 23.8 Å². The topological polar surface area (TPSA) is 52.8 Å². The van der Waals surface area contributed by atoms with Gasteiger partial charge in [0.05, 0.1) is 12.3 Å². The molecule has 0 fully saturated rings. The van der Waals surface area contributed by atoms with Crippen LogP contribution in [0.25, 0.3) is 22.1 Å². The first-order valence-electron chi connectivity index (χ1n) is 8.20. The Morgan fingerprint density at radius 2 is 2.04 bits per heavy atom. The molecule has 1 aromatic carbocycles. The normalized spacial score (nSPS) is 13.9. The Kier molecular flexibility index (Phi) is 4.50. The monoisotopic (exact) mass is 458 g/mol. The molecule has 3 aromatic rings. The Bertz CT molecular complexity index is 1010. The second kappa shape index (κ2) is 6.59. The summed E-state index contributed by atoms with van der Waals surface area (Å²) in [6, 6.07) is 5.18. The van der Waals surface area contributed by atoms with Crippen LogP contribution in [0, 0.1) is 0 Å². The van der Waals surface area contributed by atoms with E-state index in [4.69, 9.17) is 4.74 Å². The van der Waals surface area contributed by atoms with Gasteiger partial charge in [-0.2, -0.15) is 13.2 Å². The maximum Gasteiger partial charge on any atom is 0.451 e. The Morgan fingerprint density at radius 3 is 2.74 bits per heavy atom. The van der Waals surface area contributed by atoms with Gasteiger partial charge in [-0.1, -0.05) is 15.9 Å². The number of aromatic nitrogens is 4. The lowest BCUT2D eigenvalue weighted by Crippen LogP contribution is -2.17. The quantitative estimate of drug-likeness (QED) is 0.518. The predicted octanol–water partition coefficient (Wildman–Crippen LogP) is 5.37. The van der Waals surface area contributed by atoms with Crippen molar-refractivity contribution in [2.24, 2.45) is 0 Å². The van der Waals surface area contributed by atoms with E-state index in [9.17, 15) is 13.2 Å². The first-order chi connectivity index (χ1) is 12.8. The van der Waals surface area contributed by atoms with E-state index in [1.807, 2.05) is 18.2 Å². The Balaban J connectivity index is 1.87. The van der Waals surface area contributed by atoms with Gasteiger partial charge in [0.1, 0.15) is 5.75 Å². The number of thiazole rings is 1. The van der Waals surface area contributed by atoms with Crippen molar-refractivity contribution in [3.63, 3.8) is 0 Å². The molecule has 0 unspecified atom stereocenters. The molecule has 2 aromatic heterocycles.